The van der Waals surface area contributed by atoms with Gasteiger partial charge in [-0.25, -0.2) is 9.59 Å². The van der Waals surface area contributed by atoms with Crippen molar-refractivity contribution in [3.63, 3.8) is 0 Å². The molecule has 0 spiro atoms. The molecule has 0 aliphatic rings. The maximum absolute atomic E-state index is 11.7. The molecule has 0 aliphatic carbocycles. The van der Waals surface area contributed by atoms with Gasteiger partial charge in [-0.05, 0) is 86.5 Å². The first-order valence-corrected chi connectivity index (χ1v) is 9.97. The molecule has 32 heavy (non-hydrogen) atoms. The van der Waals surface area contributed by atoms with Crippen LogP contribution >= 0.6 is 0 Å². The topological polar surface area (TPSA) is 65.7 Å². The van der Waals surface area contributed by atoms with E-state index in [1.54, 1.807) is 32.0 Å². The van der Waals surface area contributed by atoms with Gasteiger partial charge in [0.15, 0.2) is 0 Å². The molecule has 1 aromatic heterocycles. The molecule has 0 atom stereocenters. The molecule has 162 valence electrons. The van der Waals surface area contributed by atoms with Crippen LogP contribution in [0.2, 0.25) is 0 Å². The standard InChI is InChI=1S/C27H24O5/c1-17(2)26(28)31-23-11-8-21(9-12-23)25-15-13-22(30-25)10-6-20-7-14-24(19(5)16-20)32-27(29)18(3)4/h6-16H,1,3H2,2,4-5H3. The number of esters is 2. The summed E-state index contributed by atoms with van der Waals surface area (Å²) in [5.74, 6) is 1.44. The van der Waals surface area contributed by atoms with Crippen LogP contribution in [0.3, 0.4) is 0 Å². The molecule has 0 bridgehead atoms. The fourth-order valence-electron chi connectivity index (χ4n) is 2.74. The third-order valence-corrected chi connectivity index (χ3v) is 4.51. The highest BCUT2D eigenvalue weighted by Crippen LogP contribution is 2.26. The molecule has 0 radical (unpaired) electrons. The number of benzene rings is 2. The summed E-state index contributed by atoms with van der Waals surface area (Å²) in [5.41, 5.74) is 3.34. The summed E-state index contributed by atoms with van der Waals surface area (Å²) in [5, 5.41) is 0. The molecule has 0 aliphatic heterocycles. The Morgan fingerprint density at radius 2 is 1.50 bits per heavy atom. The third kappa shape index (κ3) is 5.73. The number of carbonyl (C=O) groups excluding carboxylic acids is 2. The lowest BCUT2D eigenvalue weighted by atomic mass is 10.1. The Hall–Kier alpha value is -4.12. The first kappa shape index (κ1) is 22.6. The van der Waals surface area contributed by atoms with Crippen LogP contribution in [-0.2, 0) is 9.59 Å². The van der Waals surface area contributed by atoms with Gasteiger partial charge in [0.1, 0.15) is 23.0 Å². The third-order valence-electron chi connectivity index (χ3n) is 4.51. The summed E-state index contributed by atoms with van der Waals surface area (Å²) in [7, 11) is 0. The first-order chi connectivity index (χ1) is 15.2. The fraction of sp³-hybridized carbons (Fsp3) is 0.111. The van der Waals surface area contributed by atoms with Crippen LogP contribution in [0, 0.1) is 6.92 Å². The number of aryl methyl sites for hydroxylation is 1. The van der Waals surface area contributed by atoms with E-state index < -0.39 is 11.9 Å². The molecule has 5 nitrogen and oxygen atoms in total. The van der Waals surface area contributed by atoms with Crippen LogP contribution in [0.5, 0.6) is 11.5 Å². The molecule has 3 aromatic rings. The van der Waals surface area contributed by atoms with Gasteiger partial charge in [0.05, 0.1) is 0 Å². The number of hydrogen-bond donors (Lipinski definition) is 0. The van der Waals surface area contributed by atoms with Gasteiger partial charge < -0.3 is 13.9 Å². The highest BCUT2D eigenvalue weighted by molar-refractivity contribution is 5.89. The van der Waals surface area contributed by atoms with E-state index in [9.17, 15) is 9.59 Å². The van der Waals surface area contributed by atoms with Crippen LogP contribution in [-0.4, -0.2) is 11.9 Å². The van der Waals surface area contributed by atoms with Gasteiger partial charge in [0.2, 0.25) is 0 Å². The average Bonchev–Trinajstić information content (AvgIpc) is 3.23. The molecule has 0 amide bonds. The zero-order valence-electron chi connectivity index (χ0n) is 18.3. The summed E-state index contributed by atoms with van der Waals surface area (Å²) in [6.45, 7) is 12.2. The molecule has 0 fully saturated rings. The van der Waals surface area contributed by atoms with E-state index in [2.05, 4.69) is 13.2 Å². The van der Waals surface area contributed by atoms with E-state index in [1.165, 1.54) is 0 Å². The van der Waals surface area contributed by atoms with Crippen LogP contribution in [0.25, 0.3) is 23.5 Å². The SMILES string of the molecule is C=C(C)C(=O)Oc1ccc(-c2ccc(C=Cc3ccc(OC(=O)C(=C)C)c(C)c3)o2)cc1. The number of furan rings is 1. The number of hydrogen-bond acceptors (Lipinski definition) is 5. The molecular formula is C27H24O5. The average molecular weight is 428 g/mol. The Morgan fingerprint density at radius 1 is 0.844 bits per heavy atom. The van der Waals surface area contributed by atoms with Crippen molar-refractivity contribution in [3.8, 4) is 22.8 Å². The van der Waals surface area contributed by atoms with Crippen molar-refractivity contribution < 1.29 is 23.5 Å². The molecule has 0 N–H and O–H groups in total. The molecule has 0 saturated heterocycles. The lowest BCUT2D eigenvalue weighted by Crippen LogP contribution is -2.09. The lowest BCUT2D eigenvalue weighted by molar-refractivity contribution is -0.131. The zero-order chi connectivity index (χ0) is 23.3. The number of ether oxygens (including phenoxy) is 2. The van der Waals surface area contributed by atoms with Crippen molar-refractivity contribution in [2.45, 2.75) is 20.8 Å². The van der Waals surface area contributed by atoms with Gasteiger partial charge in [-0.15, -0.1) is 0 Å². The van der Waals surface area contributed by atoms with Gasteiger partial charge in [-0.3, -0.25) is 0 Å². The zero-order valence-corrected chi connectivity index (χ0v) is 18.3. The minimum absolute atomic E-state index is 0.342. The summed E-state index contributed by atoms with van der Waals surface area (Å²) < 4.78 is 16.4. The molecule has 0 saturated carbocycles. The molecule has 2 aromatic carbocycles. The van der Waals surface area contributed by atoms with E-state index >= 15 is 0 Å². The van der Waals surface area contributed by atoms with Gasteiger partial charge in [0, 0.05) is 16.7 Å². The number of rotatable bonds is 7. The Morgan fingerprint density at radius 3 is 2.12 bits per heavy atom. The predicted molar refractivity (Wildman–Crippen MR) is 125 cm³/mol. The highest BCUT2D eigenvalue weighted by atomic mass is 16.5. The minimum Gasteiger partial charge on any atom is -0.457 e. The van der Waals surface area contributed by atoms with Crippen molar-refractivity contribution >= 4 is 24.1 Å². The van der Waals surface area contributed by atoms with Crippen LogP contribution in [0.15, 0.2) is 83.3 Å². The molecular weight excluding hydrogens is 404 g/mol. The van der Waals surface area contributed by atoms with E-state index in [-0.39, 0.29) is 0 Å². The van der Waals surface area contributed by atoms with Crippen LogP contribution in [0.4, 0.5) is 0 Å². The van der Waals surface area contributed by atoms with Crippen LogP contribution in [0.1, 0.15) is 30.7 Å². The Labute approximate surface area is 187 Å². The quantitative estimate of drug-likeness (QED) is 0.248. The second kappa shape index (κ2) is 9.79. The van der Waals surface area contributed by atoms with E-state index in [0.717, 1.165) is 16.7 Å². The van der Waals surface area contributed by atoms with Gasteiger partial charge in [-0.1, -0.05) is 25.3 Å². The smallest absolute Gasteiger partial charge is 0.338 e. The second-order valence-electron chi connectivity index (χ2n) is 7.42. The van der Waals surface area contributed by atoms with Crippen molar-refractivity contribution in [2.24, 2.45) is 0 Å². The second-order valence-corrected chi connectivity index (χ2v) is 7.42. The monoisotopic (exact) mass is 428 g/mol. The van der Waals surface area contributed by atoms with Crippen LogP contribution < -0.4 is 9.47 Å². The van der Waals surface area contributed by atoms with Gasteiger partial charge in [-0.2, -0.15) is 0 Å². The Bertz CT molecular complexity index is 1210. The van der Waals surface area contributed by atoms with Crippen molar-refractivity contribution in [2.75, 3.05) is 0 Å². The van der Waals surface area contributed by atoms with E-state index in [4.69, 9.17) is 13.9 Å². The molecule has 1 heterocycles. The van der Waals surface area contributed by atoms with Crippen molar-refractivity contribution in [1.29, 1.82) is 0 Å². The summed E-state index contributed by atoms with van der Waals surface area (Å²) in [4.78, 5) is 23.3. The summed E-state index contributed by atoms with van der Waals surface area (Å²) in [6.07, 6.45) is 3.78. The fourth-order valence-corrected chi connectivity index (χ4v) is 2.74. The highest BCUT2D eigenvalue weighted by Gasteiger charge is 2.09. The largest absolute Gasteiger partial charge is 0.457 e. The van der Waals surface area contributed by atoms with Crippen molar-refractivity contribution in [1.82, 2.24) is 0 Å². The van der Waals surface area contributed by atoms with Gasteiger partial charge >= 0.3 is 11.9 Å². The number of carbonyl (C=O) groups is 2. The summed E-state index contributed by atoms with van der Waals surface area (Å²) in [6, 6.07) is 16.3. The molecule has 5 heteroatoms. The first-order valence-electron chi connectivity index (χ1n) is 9.97. The molecule has 0 unspecified atom stereocenters. The molecule has 3 rings (SSSR count). The Kier molecular flexibility index (Phi) is 6.90. The normalized spacial score (nSPS) is 10.7. The summed E-state index contributed by atoms with van der Waals surface area (Å²) >= 11 is 0. The predicted octanol–water partition coefficient (Wildman–Crippen LogP) is 6.39. The maximum Gasteiger partial charge on any atom is 0.338 e. The minimum atomic E-state index is -0.458. The maximum atomic E-state index is 11.7. The van der Waals surface area contributed by atoms with Crippen molar-refractivity contribution in [3.05, 3.63) is 95.8 Å². The lowest BCUT2D eigenvalue weighted by Gasteiger charge is -2.07. The Balaban J connectivity index is 1.68. The van der Waals surface area contributed by atoms with Gasteiger partial charge in [0.25, 0.3) is 0 Å². The van der Waals surface area contributed by atoms with E-state index in [1.807, 2.05) is 55.5 Å². The van der Waals surface area contributed by atoms with E-state index in [0.29, 0.717) is 34.2 Å².